The molecule has 0 radical (unpaired) electrons. The number of carbonyl (C=O) groups excluding carboxylic acids is 2. The number of amides is 1. The Morgan fingerprint density at radius 2 is 1.62 bits per heavy atom. The lowest BCUT2D eigenvalue weighted by Crippen LogP contribution is -2.49. The molecule has 1 amide bonds. The van der Waals surface area contributed by atoms with Crippen LogP contribution in [0.1, 0.15) is 33.7 Å². The Bertz CT molecular complexity index is 1180. The molecule has 5 rings (SSSR count). The summed E-state index contributed by atoms with van der Waals surface area (Å²) in [7, 11) is -3.67. The number of hydrogen-bond acceptors (Lipinski definition) is 7. The topological polar surface area (TPSA) is 112 Å². The van der Waals surface area contributed by atoms with Crippen molar-refractivity contribution in [1.82, 2.24) is 19.1 Å². The van der Waals surface area contributed by atoms with Gasteiger partial charge in [-0.1, -0.05) is 0 Å². The Hall–Kier alpha value is -2.89. The van der Waals surface area contributed by atoms with Crippen LogP contribution in [0.5, 0.6) is 11.5 Å². The first-order chi connectivity index (χ1) is 16.4. The van der Waals surface area contributed by atoms with E-state index in [1.165, 1.54) is 16.4 Å². The molecule has 3 aliphatic heterocycles. The van der Waals surface area contributed by atoms with Crippen LogP contribution in [0, 0.1) is 0 Å². The summed E-state index contributed by atoms with van der Waals surface area (Å²) in [5.41, 5.74) is 0.898. The number of H-pyrrole nitrogens is 1. The van der Waals surface area contributed by atoms with Crippen LogP contribution < -0.4 is 9.47 Å². The zero-order chi connectivity index (χ0) is 23.7. The summed E-state index contributed by atoms with van der Waals surface area (Å²) in [6.07, 6.45) is 3.59. The minimum absolute atomic E-state index is 0.0745. The van der Waals surface area contributed by atoms with Gasteiger partial charge in [-0.05, 0) is 31.0 Å². The van der Waals surface area contributed by atoms with Crippen molar-refractivity contribution < 1.29 is 27.5 Å². The van der Waals surface area contributed by atoms with E-state index in [9.17, 15) is 18.0 Å². The predicted octanol–water partition coefficient (Wildman–Crippen LogP) is 1.21. The van der Waals surface area contributed by atoms with Crippen molar-refractivity contribution in [2.24, 2.45) is 0 Å². The molecule has 0 saturated carbocycles. The number of carbonyl (C=O) groups is 2. The van der Waals surface area contributed by atoms with Gasteiger partial charge in [0, 0.05) is 57.1 Å². The number of sulfonamides is 1. The molecule has 10 nitrogen and oxygen atoms in total. The van der Waals surface area contributed by atoms with Gasteiger partial charge in [-0.15, -0.1) is 0 Å². The number of fused-ring (bicyclic) bond motifs is 1. The van der Waals surface area contributed by atoms with Crippen LogP contribution in [-0.2, 0) is 10.0 Å². The quantitative estimate of drug-likeness (QED) is 0.609. The van der Waals surface area contributed by atoms with Crippen molar-refractivity contribution in [1.29, 1.82) is 0 Å². The molecule has 2 saturated heterocycles. The maximum Gasteiger partial charge on any atom is 0.270 e. The number of nitrogens with zero attached hydrogens (tertiary/aromatic N) is 3. The fourth-order valence-electron chi connectivity index (χ4n) is 4.52. The number of nitrogens with one attached hydrogen (secondary N) is 1. The maximum atomic E-state index is 13.1. The van der Waals surface area contributed by atoms with Gasteiger partial charge in [0.2, 0.25) is 10.0 Å². The Balaban J connectivity index is 1.17. The van der Waals surface area contributed by atoms with Crippen LogP contribution in [0.4, 0.5) is 0 Å². The minimum atomic E-state index is -3.67. The zero-order valence-electron chi connectivity index (χ0n) is 18.9. The van der Waals surface area contributed by atoms with Crippen molar-refractivity contribution in [3.8, 4) is 11.5 Å². The van der Waals surface area contributed by atoms with Crippen LogP contribution in [0.15, 0.2) is 35.4 Å². The second-order valence-corrected chi connectivity index (χ2v) is 10.6. The number of rotatable bonds is 6. The second-order valence-electron chi connectivity index (χ2n) is 8.71. The number of aromatic nitrogens is 1. The van der Waals surface area contributed by atoms with Crippen LogP contribution in [0.2, 0.25) is 0 Å². The first-order valence-electron chi connectivity index (χ1n) is 11.5. The normalized spacial score (nSPS) is 19.4. The number of aromatic amines is 1. The summed E-state index contributed by atoms with van der Waals surface area (Å²) in [5, 5.41) is 0. The van der Waals surface area contributed by atoms with Gasteiger partial charge in [-0.2, -0.15) is 4.31 Å². The molecule has 2 aromatic rings. The predicted molar refractivity (Wildman–Crippen MR) is 123 cm³/mol. The number of benzene rings is 1. The summed E-state index contributed by atoms with van der Waals surface area (Å²) in [6, 6.07) is 6.28. The first-order valence-corrected chi connectivity index (χ1v) is 13.0. The van der Waals surface area contributed by atoms with E-state index in [1.807, 2.05) is 4.90 Å². The van der Waals surface area contributed by atoms with Gasteiger partial charge in [-0.3, -0.25) is 14.5 Å². The highest BCUT2D eigenvalue weighted by Gasteiger charge is 2.30. The van der Waals surface area contributed by atoms with E-state index in [4.69, 9.17) is 9.47 Å². The maximum absolute atomic E-state index is 13.1. The molecule has 4 heterocycles. The largest absolute Gasteiger partial charge is 0.486 e. The highest BCUT2D eigenvalue weighted by Crippen LogP contribution is 2.33. The molecule has 0 atom stereocenters. The SMILES string of the molecule is O=C(CN1CCN(S(=O)(=O)c2ccc3c(c2)OCCO3)CC1)c1c[nH]c(C(=O)N2CCCC2)c1. The van der Waals surface area contributed by atoms with Crippen molar-refractivity contribution >= 4 is 21.7 Å². The molecule has 0 bridgehead atoms. The van der Waals surface area contributed by atoms with Crippen molar-refractivity contribution in [3.63, 3.8) is 0 Å². The van der Waals surface area contributed by atoms with Gasteiger partial charge in [0.25, 0.3) is 5.91 Å². The Labute approximate surface area is 198 Å². The van der Waals surface area contributed by atoms with Crippen molar-refractivity contribution in [3.05, 3.63) is 41.7 Å². The third kappa shape index (κ3) is 4.55. The minimum Gasteiger partial charge on any atom is -0.486 e. The monoisotopic (exact) mass is 488 g/mol. The van der Waals surface area contributed by atoms with E-state index in [0.717, 1.165) is 25.9 Å². The fourth-order valence-corrected chi connectivity index (χ4v) is 5.96. The standard InChI is InChI=1S/C23H28N4O6S/c28-20(17-13-19(24-15-17)23(29)26-5-1-2-6-26)16-25-7-9-27(10-8-25)34(30,31)18-3-4-21-22(14-18)33-12-11-32-21/h3-4,13-15,24H,1-2,5-12,16H2. The van der Waals surface area contributed by atoms with Crippen molar-refractivity contribution in [2.75, 3.05) is 59.0 Å². The Kier molecular flexibility index (Phi) is 6.32. The van der Waals surface area contributed by atoms with E-state index in [0.29, 0.717) is 49.1 Å². The van der Waals surface area contributed by atoms with Gasteiger partial charge in [-0.25, -0.2) is 8.42 Å². The van der Waals surface area contributed by atoms with E-state index < -0.39 is 10.0 Å². The fraction of sp³-hybridized carbons (Fsp3) is 0.478. The molecule has 0 unspecified atom stereocenters. The third-order valence-electron chi connectivity index (χ3n) is 6.48. The molecule has 1 aromatic carbocycles. The first kappa shape index (κ1) is 22.9. The highest BCUT2D eigenvalue weighted by molar-refractivity contribution is 7.89. The number of hydrogen-bond donors (Lipinski definition) is 1. The lowest BCUT2D eigenvalue weighted by atomic mass is 10.2. The van der Waals surface area contributed by atoms with Crippen LogP contribution in [0.3, 0.4) is 0 Å². The molecule has 2 fully saturated rings. The lowest BCUT2D eigenvalue weighted by molar-refractivity contribution is 0.0787. The number of piperazine rings is 1. The molecule has 1 N–H and O–H groups in total. The molecular formula is C23H28N4O6S. The van der Waals surface area contributed by atoms with E-state index in [1.54, 1.807) is 23.2 Å². The average molecular weight is 489 g/mol. The lowest BCUT2D eigenvalue weighted by Gasteiger charge is -2.33. The molecule has 11 heteroatoms. The van der Waals surface area contributed by atoms with Crippen molar-refractivity contribution in [2.45, 2.75) is 17.7 Å². The summed E-state index contributed by atoms with van der Waals surface area (Å²) in [4.78, 5) is 32.1. The van der Waals surface area contributed by atoms with E-state index >= 15 is 0 Å². The highest BCUT2D eigenvalue weighted by atomic mass is 32.2. The molecule has 0 aliphatic carbocycles. The van der Waals surface area contributed by atoms with Gasteiger partial charge in [0.15, 0.2) is 17.3 Å². The van der Waals surface area contributed by atoms with Crippen LogP contribution >= 0.6 is 0 Å². The summed E-state index contributed by atoms with van der Waals surface area (Å²) in [6.45, 7) is 3.97. The van der Waals surface area contributed by atoms with Gasteiger partial charge < -0.3 is 19.4 Å². The number of ketones is 1. The Morgan fingerprint density at radius 1 is 0.912 bits per heavy atom. The van der Waals surface area contributed by atoms with E-state index in [-0.39, 0.29) is 36.2 Å². The van der Waals surface area contributed by atoms with Gasteiger partial charge >= 0.3 is 0 Å². The molecule has 0 spiro atoms. The van der Waals surface area contributed by atoms with E-state index in [2.05, 4.69) is 4.98 Å². The molecule has 34 heavy (non-hydrogen) atoms. The van der Waals surface area contributed by atoms with Gasteiger partial charge in [0.05, 0.1) is 11.4 Å². The number of likely N-dealkylation sites (tertiary alicyclic amines) is 1. The van der Waals surface area contributed by atoms with Gasteiger partial charge in [0.1, 0.15) is 18.9 Å². The third-order valence-corrected chi connectivity index (χ3v) is 8.37. The second kappa shape index (κ2) is 9.40. The smallest absolute Gasteiger partial charge is 0.270 e. The molecular weight excluding hydrogens is 460 g/mol. The summed E-state index contributed by atoms with van der Waals surface area (Å²) < 4.78 is 38.6. The average Bonchev–Trinajstić information content (AvgIpc) is 3.56. The van der Waals surface area contributed by atoms with Crippen LogP contribution in [-0.4, -0.2) is 98.2 Å². The number of Topliss-reactive ketones (excluding diaryl/α,β-unsaturated/α-hetero) is 1. The Morgan fingerprint density at radius 3 is 2.35 bits per heavy atom. The summed E-state index contributed by atoms with van der Waals surface area (Å²) in [5.74, 6) is 0.809. The molecule has 182 valence electrons. The summed E-state index contributed by atoms with van der Waals surface area (Å²) >= 11 is 0. The molecule has 3 aliphatic rings. The number of ether oxygens (including phenoxy) is 2. The zero-order valence-corrected chi connectivity index (χ0v) is 19.7. The van der Waals surface area contributed by atoms with Crippen LogP contribution in [0.25, 0.3) is 0 Å². The molecule has 1 aromatic heterocycles.